The van der Waals surface area contributed by atoms with Gasteiger partial charge in [-0.05, 0) is 11.9 Å². The normalized spacial score (nSPS) is 21.0. The molecule has 34 valence electrons. The number of carbonyl (C=O) groups excluding carboxylic acids is 1. The molecule has 0 saturated carbocycles. The molecule has 1 heterocycles. The molecule has 0 aromatic rings. The lowest BCUT2D eigenvalue weighted by molar-refractivity contribution is -0.118. The Bertz CT molecular complexity index is 69.3. The van der Waals surface area contributed by atoms with Crippen molar-refractivity contribution in [2.24, 2.45) is 0 Å². The average Bonchev–Trinajstić information content (AvgIpc) is 1.86. The number of hydrogen-bond acceptors (Lipinski definition) is 2. The molecule has 2 nitrogen and oxygen atoms in total. The topological polar surface area (TPSA) is 29.1 Å². The van der Waals surface area contributed by atoms with Crippen LogP contribution in [-0.2, 0) is 4.79 Å². The van der Waals surface area contributed by atoms with Crippen LogP contribution in [0.5, 0.6) is 0 Å². The predicted molar refractivity (Wildman–Crippen MR) is 26.3 cm³/mol. The molecule has 1 aliphatic heterocycles. The van der Waals surface area contributed by atoms with Crippen molar-refractivity contribution in [3.63, 3.8) is 0 Å². The molecule has 0 aromatic heterocycles. The average molecular weight is 104 g/mol. The zero-order valence-electron chi connectivity index (χ0n) is 4.23. The summed E-state index contributed by atoms with van der Waals surface area (Å²) in [4.78, 5) is 10.1. The van der Waals surface area contributed by atoms with Gasteiger partial charge in [-0.2, -0.15) is 0 Å². The van der Waals surface area contributed by atoms with Crippen LogP contribution in [0, 0.1) is 0 Å². The van der Waals surface area contributed by atoms with E-state index in [0.717, 1.165) is 5.75 Å². The van der Waals surface area contributed by atoms with Crippen LogP contribution in [-0.4, -0.2) is 11.7 Å². The van der Waals surface area contributed by atoms with Crippen LogP contribution in [0.15, 0.2) is 0 Å². The molecule has 1 aliphatic rings. The van der Waals surface area contributed by atoms with Crippen LogP contribution in [0.2, 0.25) is 0 Å². The fraction of sp³-hybridized carbons (Fsp3) is 0.667. The molecule has 0 radical (unpaired) electrons. The van der Waals surface area contributed by atoms with Gasteiger partial charge < -0.3 is 4.72 Å². The van der Waals surface area contributed by atoms with Gasteiger partial charge in [0, 0.05) is 12.2 Å². The second-order valence-electron chi connectivity index (χ2n) is 1.12. The van der Waals surface area contributed by atoms with E-state index in [9.17, 15) is 4.79 Å². The van der Waals surface area contributed by atoms with Crippen molar-refractivity contribution in [2.75, 3.05) is 5.75 Å². The number of carbonyl (C=O) groups is 1. The second-order valence-corrected chi connectivity index (χ2v) is 2.02. The highest BCUT2D eigenvalue weighted by molar-refractivity contribution is 7.98. The Hall–Kier alpha value is -0.180. The van der Waals surface area contributed by atoms with Crippen LogP contribution in [0.3, 0.4) is 0 Å². The Morgan fingerprint density at radius 1 is 2.00 bits per heavy atom. The van der Waals surface area contributed by atoms with E-state index in [4.69, 9.17) is 0 Å². The molecule has 0 aromatic carbocycles. The molecule has 1 N–H and O–H groups in total. The van der Waals surface area contributed by atoms with Gasteiger partial charge in [0.15, 0.2) is 0 Å². The first kappa shape index (κ1) is 3.99. The van der Waals surface area contributed by atoms with Gasteiger partial charge in [-0.25, -0.2) is 0 Å². The minimum atomic E-state index is 0. The number of nitrogens with one attached hydrogen (secondary N) is 1. The fourth-order valence-electron chi connectivity index (χ4n) is 0.326. The molecule has 0 unspecified atom stereocenters. The van der Waals surface area contributed by atoms with E-state index >= 15 is 0 Å². The highest BCUT2D eigenvalue weighted by Gasteiger charge is 2.06. The van der Waals surface area contributed by atoms with Crippen molar-refractivity contribution in [1.29, 1.82) is 0 Å². The molecule has 3 heteroatoms. The van der Waals surface area contributed by atoms with E-state index in [2.05, 4.69) is 4.72 Å². The monoisotopic (exact) mass is 104 g/mol. The van der Waals surface area contributed by atoms with Gasteiger partial charge in [0.1, 0.15) is 0 Å². The van der Waals surface area contributed by atoms with Gasteiger partial charge in [-0.1, -0.05) is 0 Å². The summed E-state index contributed by atoms with van der Waals surface area (Å²) in [6, 6.07) is 0. The lowest BCUT2D eigenvalue weighted by Gasteiger charge is -1.78. The molecule has 0 atom stereocenters. The molecule has 1 saturated heterocycles. The van der Waals surface area contributed by atoms with Crippen molar-refractivity contribution < 1.29 is 6.22 Å². The number of hydrogen-bond donors (Lipinski definition) is 1. The van der Waals surface area contributed by atoms with E-state index in [1.54, 1.807) is 0 Å². The maximum absolute atomic E-state index is 10.1. The Labute approximate surface area is 41.9 Å². The van der Waals surface area contributed by atoms with Gasteiger partial charge in [-0.15, -0.1) is 0 Å². The van der Waals surface area contributed by atoms with Crippen LogP contribution >= 0.6 is 11.9 Å². The SMILES string of the molecule is O=C1CCSN1.[H+]. The molecule has 1 fully saturated rings. The second kappa shape index (κ2) is 1.51. The van der Waals surface area contributed by atoms with E-state index in [1.165, 1.54) is 11.9 Å². The highest BCUT2D eigenvalue weighted by atomic mass is 32.2. The lowest BCUT2D eigenvalue weighted by atomic mass is 10.5. The van der Waals surface area contributed by atoms with Crippen molar-refractivity contribution >= 4 is 17.9 Å². The molecule has 6 heavy (non-hydrogen) atoms. The Balaban J connectivity index is 0.000000360. The first-order chi connectivity index (χ1) is 2.89. The molecular weight excluding hydrogens is 98.1 g/mol. The zero-order chi connectivity index (χ0) is 4.41. The van der Waals surface area contributed by atoms with Gasteiger partial charge in [0.2, 0.25) is 5.91 Å². The lowest BCUT2D eigenvalue weighted by Crippen LogP contribution is -2.04. The summed E-state index contributed by atoms with van der Waals surface area (Å²) in [5, 5.41) is 0. The van der Waals surface area contributed by atoms with E-state index in [1.807, 2.05) is 0 Å². The predicted octanol–water partition coefficient (Wildman–Crippen LogP) is 0.267. The summed E-state index contributed by atoms with van der Waals surface area (Å²) in [6.45, 7) is 0. The third kappa shape index (κ3) is 0.653. The molecule has 0 spiro atoms. The van der Waals surface area contributed by atoms with E-state index in [-0.39, 0.29) is 7.33 Å². The maximum atomic E-state index is 10.1. The Morgan fingerprint density at radius 2 is 2.83 bits per heavy atom. The molecule has 0 aliphatic carbocycles. The summed E-state index contributed by atoms with van der Waals surface area (Å²) in [5.41, 5.74) is 0. The van der Waals surface area contributed by atoms with E-state index < -0.39 is 0 Å². The summed E-state index contributed by atoms with van der Waals surface area (Å²) < 4.78 is 2.60. The minimum absolute atomic E-state index is 0. The minimum Gasteiger partial charge on any atom is -0.300 e. The molecule has 1 rings (SSSR count). The zero-order valence-corrected chi connectivity index (χ0v) is 4.05. The van der Waals surface area contributed by atoms with Crippen LogP contribution in [0.1, 0.15) is 7.85 Å². The molecule has 0 bridgehead atoms. The van der Waals surface area contributed by atoms with E-state index in [0.29, 0.717) is 6.42 Å². The summed E-state index contributed by atoms with van der Waals surface area (Å²) in [5.74, 6) is 1.11. The Morgan fingerprint density at radius 3 is 3.00 bits per heavy atom. The van der Waals surface area contributed by atoms with Crippen molar-refractivity contribution in [1.82, 2.24) is 4.72 Å². The first-order valence-electron chi connectivity index (χ1n) is 1.80. The number of rotatable bonds is 0. The quantitative estimate of drug-likeness (QED) is 0.447. The van der Waals surface area contributed by atoms with Crippen molar-refractivity contribution in [2.45, 2.75) is 6.42 Å². The maximum Gasteiger partial charge on any atom is 1.00 e. The van der Waals surface area contributed by atoms with Gasteiger partial charge in [0.25, 0.3) is 0 Å². The van der Waals surface area contributed by atoms with Crippen molar-refractivity contribution in [3.05, 3.63) is 0 Å². The summed E-state index contributed by atoms with van der Waals surface area (Å²) in [7, 11) is 0. The largest absolute Gasteiger partial charge is 1.00 e. The van der Waals surface area contributed by atoms with Crippen LogP contribution in [0.25, 0.3) is 0 Å². The van der Waals surface area contributed by atoms with Crippen LogP contribution in [0.4, 0.5) is 0 Å². The third-order valence-corrected chi connectivity index (χ3v) is 1.40. The first-order valence-corrected chi connectivity index (χ1v) is 2.79. The summed E-state index contributed by atoms with van der Waals surface area (Å²) in [6.07, 6.45) is 0.699. The molecule has 1 amide bonds. The summed E-state index contributed by atoms with van der Waals surface area (Å²) >= 11 is 1.48. The highest BCUT2D eigenvalue weighted by Crippen LogP contribution is 2.04. The van der Waals surface area contributed by atoms with Gasteiger partial charge in [0.05, 0.1) is 0 Å². The Kier molecular flexibility index (Phi) is 1.01. The smallest absolute Gasteiger partial charge is 0.300 e. The third-order valence-electron chi connectivity index (χ3n) is 0.617. The van der Waals surface area contributed by atoms with Crippen LogP contribution < -0.4 is 4.72 Å². The number of amides is 1. The van der Waals surface area contributed by atoms with Crippen molar-refractivity contribution in [3.8, 4) is 0 Å². The van der Waals surface area contributed by atoms with Gasteiger partial charge in [-0.3, -0.25) is 4.79 Å². The standard InChI is InChI=1S/C3H5NOS/c5-3-1-2-6-4-3/h1-2H2,(H,4,5)/p+1. The van der Waals surface area contributed by atoms with Gasteiger partial charge >= 0.3 is 1.43 Å². The molecular formula is C3H6NOS+. The fourth-order valence-corrected chi connectivity index (χ4v) is 0.979.